The van der Waals surface area contributed by atoms with Gasteiger partial charge in [-0.15, -0.1) is 0 Å². The number of aliphatic hydroxyl groups is 1. The minimum absolute atomic E-state index is 0.0498. The third-order valence-electron chi connectivity index (χ3n) is 4.97. The van der Waals surface area contributed by atoms with Gasteiger partial charge >= 0.3 is 0 Å². The summed E-state index contributed by atoms with van der Waals surface area (Å²) in [5.74, 6) is -0.217. The number of rotatable bonds is 4. The summed E-state index contributed by atoms with van der Waals surface area (Å²) in [5, 5.41) is 15.5. The van der Waals surface area contributed by atoms with Gasteiger partial charge in [-0.1, -0.05) is 37.0 Å². The number of carbonyl (C=O) groups is 1. The zero-order chi connectivity index (χ0) is 17.8. The van der Waals surface area contributed by atoms with Crippen molar-refractivity contribution in [3.8, 4) is 5.69 Å². The first-order valence-corrected chi connectivity index (χ1v) is 8.89. The molecule has 1 fully saturated rings. The van der Waals surface area contributed by atoms with Crippen LogP contribution < -0.4 is 10.9 Å². The highest BCUT2D eigenvalue weighted by Crippen LogP contribution is 2.23. The standard InChI is InChI=1S/C19H25N3O3/c1-13-7-9-15(10-8-13)22-18(24)11-17(21-22)19(25)20-16-6-4-2-3-5-14(16)12-23/h7-11,14,16,21,23H,2-6,12H2,1H3,(H,20,25). The molecular weight excluding hydrogens is 318 g/mol. The quantitative estimate of drug-likeness (QED) is 0.743. The second-order valence-electron chi connectivity index (χ2n) is 6.84. The third-order valence-corrected chi connectivity index (χ3v) is 4.97. The Hall–Kier alpha value is -2.34. The molecule has 0 radical (unpaired) electrons. The van der Waals surface area contributed by atoms with Crippen LogP contribution in [0.3, 0.4) is 0 Å². The van der Waals surface area contributed by atoms with E-state index >= 15 is 0 Å². The molecule has 2 unspecified atom stereocenters. The molecule has 0 spiro atoms. The van der Waals surface area contributed by atoms with E-state index in [1.165, 1.54) is 10.7 Å². The summed E-state index contributed by atoms with van der Waals surface area (Å²) in [7, 11) is 0. The predicted molar refractivity (Wildman–Crippen MR) is 96.0 cm³/mol. The summed E-state index contributed by atoms with van der Waals surface area (Å²) >= 11 is 0. The number of H-pyrrole nitrogens is 1. The van der Waals surface area contributed by atoms with Crippen molar-refractivity contribution >= 4 is 5.91 Å². The van der Waals surface area contributed by atoms with Crippen LogP contribution in [-0.4, -0.2) is 33.4 Å². The van der Waals surface area contributed by atoms with Crippen LogP contribution in [0.4, 0.5) is 0 Å². The lowest BCUT2D eigenvalue weighted by atomic mass is 9.95. The fourth-order valence-corrected chi connectivity index (χ4v) is 3.44. The molecule has 1 saturated carbocycles. The smallest absolute Gasteiger partial charge is 0.271 e. The van der Waals surface area contributed by atoms with Crippen molar-refractivity contribution in [2.75, 3.05) is 6.61 Å². The summed E-state index contributed by atoms with van der Waals surface area (Å²) in [5.41, 5.74) is 1.77. The van der Waals surface area contributed by atoms with Gasteiger partial charge < -0.3 is 10.4 Å². The van der Waals surface area contributed by atoms with Gasteiger partial charge in [-0.25, -0.2) is 4.68 Å². The van der Waals surface area contributed by atoms with Gasteiger partial charge in [0.1, 0.15) is 5.69 Å². The normalized spacial score (nSPS) is 20.9. The molecule has 2 aromatic rings. The first kappa shape index (κ1) is 17.5. The summed E-state index contributed by atoms with van der Waals surface area (Å²) in [6.07, 6.45) is 5.03. The molecule has 1 aliphatic rings. The lowest BCUT2D eigenvalue weighted by molar-refractivity contribution is 0.0894. The number of amides is 1. The monoisotopic (exact) mass is 343 g/mol. The maximum absolute atomic E-state index is 12.6. The Balaban J connectivity index is 1.77. The first-order chi connectivity index (χ1) is 12.1. The Morgan fingerprint density at radius 2 is 1.96 bits per heavy atom. The van der Waals surface area contributed by atoms with Crippen LogP contribution >= 0.6 is 0 Å². The fraction of sp³-hybridized carbons (Fsp3) is 0.474. The minimum atomic E-state index is -0.298. The molecule has 25 heavy (non-hydrogen) atoms. The van der Waals surface area contributed by atoms with Gasteiger partial charge in [0.25, 0.3) is 11.5 Å². The van der Waals surface area contributed by atoms with Crippen LogP contribution in [0.15, 0.2) is 35.1 Å². The third kappa shape index (κ3) is 4.02. The number of aryl methyl sites for hydroxylation is 1. The Labute approximate surface area is 146 Å². The average molecular weight is 343 g/mol. The van der Waals surface area contributed by atoms with E-state index in [0.29, 0.717) is 5.69 Å². The van der Waals surface area contributed by atoms with E-state index in [1.54, 1.807) is 0 Å². The molecule has 2 atom stereocenters. The summed E-state index contributed by atoms with van der Waals surface area (Å²) < 4.78 is 1.37. The van der Waals surface area contributed by atoms with Crippen molar-refractivity contribution in [3.63, 3.8) is 0 Å². The lowest BCUT2D eigenvalue weighted by Crippen LogP contribution is -2.41. The molecule has 1 heterocycles. The van der Waals surface area contributed by atoms with Crippen molar-refractivity contribution in [1.82, 2.24) is 15.1 Å². The SMILES string of the molecule is Cc1ccc(-n2[nH]c(C(=O)NC3CCCCCC3CO)cc2=O)cc1. The molecule has 6 nitrogen and oxygen atoms in total. The molecule has 1 aromatic carbocycles. The van der Waals surface area contributed by atoms with E-state index in [4.69, 9.17) is 0 Å². The van der Waals surface area contributed by atoms with E-state index in [2.05, 4.69) is 10.4 Å². The highest BCUT2D eigenvalue weighted by atomic mass is 16.3. The van der Waals surface area contributed by atoms with Crippen LogP contribution in [0, 0.1) is 12.8 Å². The van der Waals surface area contributed by atoms with Crippen molar-refractivity contribution in [3.05, 3.63) is 51.9 Å². The number of aromatic amines is 1. The molecule has 0 aliphatic heterocycles. The van der Waals surface area contributed by atoms with Gasteiger partial charge in [-0.2, -0.15) is 0 Å². The highest BCUT2D eigenvalue weighted by molar-refractivity contribution is 5.92. The number of nitrogens with zero attached hydrogens (tertiary/aromatic N) is 1. The molecule has 134 valence electrons. The molecular formula is C19H25N3O3. The zero-order valence-electron chi connectivity index (χ0n) is 14.5. The number of aromatic nitrogens is 2. The highest BCUT2D eigenvalue weighted by Gasteiger charge is 2.25. The summed E-state index contributed by atoms with van der Waals surface area (Å²) in [4.78, 5) is 24.8. The van der Waals surface area contributed by atoms with Crippen molar-refractivity contribution in [1.29, 1.82) is 0 Å². The fourth-order valence-electron chi connectivity index (χ4n) is 3.44. The van der Waals surface area contributed by atoms with E-state index in [9.17, 15) is 14.7 Å². The van der Waals surface area contributed by atoms with Crippen molar-refractivity contribution in [2.45, 2.75) is 45.1 Å². The van der Waals surface area contributed by atoms with E-state index < -0.39 is 0 Å². The van der Waals surface area contributed by atoms with Crippen molar-refractivity contribution < 1.29 is 9.90 Å². The number of benzene rings is 1. The Bertz CT molecular complexity index is 776. The van der Waals surface area contributed by atoms with Gasteiger partial charge in [0.15, 0.2) is 0 Å². The van der Waals surface area contributed by atoms with Crippen LogP contribution in [0.25, 0.3) is 5.69 Å². The van der Waals surface area contributed by atoms with Crippen LogP contribution in [-0.2, 0) is 0 Å². The second-order valence-corrected chi connectivity index (χ2v) is 6.84. The van der Waals surface area contributed by atoms with Gasteiger partial charge in [-0.05, 0) is 31.9 Å². The maximum Gasteiger partial charge on any atom is 0.271 e. The summed E-state index contributed by atoms with van der Waals surface area (Å²) in [6, 6.07) is 8.77. The van der Waals surface area contributed by atoms with Crippen molar-refractivity contribution in [2.24, 2.45) is 5.92 Å². The van der Waals surface area contributed by atoms with E-state index in [-0.39, 0.29) is 35.7 Å². The predicted octanol–water partition coefficient (Wildman–Crippen LogP) is 2.15. The number of hydrogen-bond donors (Lipinski definition) is 3. The Morgan fingerprint density at radius 1 is 1.24 bits per heavy atom. The topological polar surface area (TPSA) is 87.1 Å². The summed E-state index contributed by atoms with van der Waals surface area (Å²) in [6.45, 7) is 2.05. The zero-order valence-corrected chi connectivity index (χ0v) is 14.5. The maximum atomic E-state index is 12.6. The molecule has 3 rings (SSSR count). The van der Waals surface area contributed by atoms with Gasteiger partial charge in [0.2, 0.25) is 0 Å². The molecule has 1 aromatic heterocycles. The van der Waals surface area contributed by atoms with Crippen LogP contribution in [0.5, 0.6) is 0 Å². The van der Waals surface area contributed by atoms with Crippen LogP contribution in [0.1, 0.15) is 48.2 Å². The number of aliphatic hydroxyl groups excluding tert-OH is 1. The molecule has 6 heteroatoms. The lowest BCUT2D eigenvalue weighted by Gasteiger charge is -2.24. The van der Waals surface area contributed by atoms with Gasteiger partial charge in [0, 0.05) is 24.6 Å². The number of hydrogen-bond acceptors (Lipinski definition) is 3. The van der Waals surface area contributed by atoms with E-state index in [0.717, 1.165) is 37.7 Å². The molecule has 0 bridgehead atoms. The molecule has 0 saturated heterocycles. The largest absolute Gasteiger partial charge is 0.396 e. The average Bonchev–Trinajstić information content (AvgIpc) is 2.85. The Kier molecular flexibility index (Phi) is 5.38. The number of carbonyl (C=O) groups excluding carboxylic acids is 1. The molecule has 1 amide bonds. The molecule has 1 aliphatic carbocycles. The van der Waals surface area contributed by atoms with Crippen LogP contribution in [0.2, 0.25) is 0 Å². The minimum Gasteiger partial charge on any atom is -0.396 e. The van der Waals surface area contributed by atoms with Gasteiger partial charge in [-0.3, -0.25) is 14.7 Å². The van der Waals surface area contributed by atoms with E-state index in [1.807, 2.05) is 31.2 Å². The first-order valence-electron chi connectivity index (χ1n) is 8.89. The molecule has 3 N–H and O–H groups in total. The Morgan fingerprint density at radius 3 is 2.68 bits per heavy atom. The number of nitrogens with one attached hydrogen (secondary N) is 2. The van der Waals surface area contributed by atoms with Gasteiger partial charge in [0.05, 0.1) is 5.69 Å². The second kappa shape index (κ2) is 7.70.